The van der Waals surface area contributed by atoms with Gasteiger partial charge in [0.05, 0.1) is 35.4 Å². The third-order valence-electron chi connectivity index (χ3n) is 3.89. The van der Waals surface area contributed by atoms with Crippen molar-refractivity contribution in [1.29, 1.82) is 0 Å². The number of guanidine groups is 1. The van der Waals surface area contributed by atoms with Gasteiger partial charge in [0.15, 0.2) is 5.96 Å². The average molecular weight is 374 g/mol. The lowest BCUT2D eigenvalue weighted by Gasteiger charge is -2.19. The second-order valence-corrected chi connectivity index (χ2v) is 6.56. The van der Waals surface area contributed by atoms with Gasteiger partial charge >= 0.3 is 0 Å². The summed E-state index contributed by atoms with van der Waals surface area (Å²) >= 11 is 12.0. The minimum Gasteiger partial charge on any atom is -0.377 e. The van der Waals surface area contributed by atoms with E-state index in [1.165, 1.54) is 0 Å². The first kappa shape index (κ1) is 19.3. The van der Waals surface area contributed by atoms with Gasteiger partial charge in [0.1, 0.15) is 0 Å². The van der Waals surface area contributed by atoms with E-state index in [0.29, 0.717) is 35.8 Å². The molecule has 0 aromatic heterocycles. The zero-order valence-electron chi connectivity index (χ0n) is 14.1. The van der Waals surface area contributed by atoms with E-state index in [2.05, 4.69) is 15.6 Å². The highest BCUT2D eigenvalue weighted by molar-refractivity contribution is 6.42. The van der Waals surface area contributed by atoms with Gasteiger partial charge < -0.3 is 20.1 Å². The lowest BCUT2D eigenvalue weighted by molar-refractivity contribution is 0.0191. The van der Waals surface area contributed by atoms with Gasteiger partial charge in [-0.1, -0.05) is 29.3 Å². The highest BCUT2D eigenvalue weighted by Gasteiger charge is 2.15. The van der Waals surface area contributed by atoms with E-state index in [-0.39, 0.29) is 12.1 Å². The van der Waals surface area contributed by atoms with Crippen LogP contribution in [0.3, 0.4) is 0 Å². The number of halogens is 2. The topological polar surface area (TPSA) is 54.9 Å². The molecule has 0 aliphatic carbocycles. The van der Waals surface area contributed by atoms with E-state index in [1.54, 1.807) is 13.1 Å². The highest BCUT2D eigenvalue weighted by atomic mass is 35.5. The number of benzene rings is 1. The van der Waals surface area contributed by atoms with Crippen molar-refractivity contribution in [2.24, 2.45) is 4.99 Å². The maximum absolute atomic E-state index is 6.07. The molecular formula is C17H25Cl2N3O2. The summed E-state index contributed by atoms with van der Waals surface area (Å²) in [5.74, 6) is 0.717. The molecule has 0 radical (unpaired) electrons. The van der Waals surface area contributed by atoms with Crippen LogP contribution in [0.25, 0.3) is 0 Å². The van der Waals surface area contributed by atoms with E-state index < -0.39 is 0 Å². The second-order valence-electron chi connectivity index (χ2n) is 5.75. The monoisotopic (exact) mass is 373 g/mol. The van der Waals surface area contributed by atoms with Crippen molar-refractivity contribution in [2.75, 3.05) is 33.4 Å². The summed E-state index contributed by atoms with van der Waals surface area (Å²) in [5.41, 5.74) is 1.04. The smallest absolute Gasteiger partial charge is 0.191 e. The molecule has 1 heterocycles. The quantitative estimate of drug-likeness (QED) is 0.436. The molecule has 2 rings (SSSR count). The first-order valence-electron chi connectivity index (χ1n) is 8.21. The number of nitrogens with zero attached hydrogens (tertiary/aromatic N) is 1. The summed E-state index contributed by atoms with van der Waals surface area (Å²) in [6.07, 6.45) is 2.49. The highest BCUT2D eigenvalue weighted by Crippen LogP contribution is 2.25. The number of nitrogens with one attached hydrogen (secondary N) is 2. The zero-order chi connectivity index (χ0) is 17.4. The van der Waals surface area contributed by atoms with Crippen LogP contribution >= 0.6 is 23.2 Å². The van der Waals surface area contributed by atoms with Crippen LogP contribution in [-0.2, 0) is 9.47 Å². The number of rotatable bonds is 7. The van der Waals surface area contributed by atoms with Gasteiger partial charge in [0.2, 0.25) is 0 Å². The fourth-order valence-electron chi connectivity index (χ4n) is 2.50. The molecule has 0 spiro atoms. The fraction of sp³-hybridized carbons (Fsp3) is 0.588. The van der Waals surface area contributed by atoms with E-state index in [4.69, 9.17) is 32.7 Å². The maximum atomic E-state index is 6.07. The van der Waals surface area contributed by atoms with Crippen molar-refractivity contribution in [3.63, 3.8) is 0 Å². The maximum Gasteiger partial charge on any atom is 0.191 e. The summed E-state index contributed by atoms with van der Waals surface area (Å²) in [6, 6.07) is 5.66. The van der Waals surface area contributed by atoms with Gasteiger partial charge in [-0.15, -0.1) is 0 Å². The van der Waals surface area contributed by atoms with Crippen molar-refractivity contribution in [3.05, 3.63) is 33.8 Å². The molecule has 2 atom stereocenters. The predicted octanol–water partition coefficient (Wildman–Crippen LogP) is 3.42. The van der Waals surface area contributed by atoms with Crippen molar-refractivity contribution in [3.8, 4) is 0 Å². The summed E-state index contributed by atoms with van der Waals surface area (Å²) < 4.78 is 11.1. The summed E-state index contributed by atoms with van der Waals surface area (Å²) in [7, 11) is 1.74. The van der Waals surface area contributed by atoms with E-state index in [0.717, 1.165) is 25.0 Å². The number of aliphatic imine (C=N–C) groups is 1. The average Bonchev–Trinajstić information content (AvgIpc) is 3.09. The van der Waals surface area contributed by atoms with Crippen LogP contribution in [0.2, 0.25) is 10.0 Å². The molecule has 134 valence electrons. The molecule has 0 bridgehead atoms. The first-order valence-corrected chi connectivity index (χ1v) is 8.97. The molecule has 1 fully saturated rings. The Bertz CT molecular complexity index is 549. The third kappa shape index (κ3) is 6.13. The Morgan fingerprint density at radius 3 is 2.92 bits per heavy atom. The Balaban J connectivity index is 1.70. The summed E-state index contributed by atoms with van der Waals surface area (Å²) in [6.45, 7) is 4.85. The zero-order valence-corrected chi connectivity index (χ0v) is 15.7. The van der Waals surface area contributed by atoms with Crippen LogP contribution in [0.4, 0.5) is 0 Å². The molecule has 1 aliphatic heterocycles. The van der Waals surface area contributed by atoms with Crippen LogP contribution in [0.1, 0.15) is 31.4 Å². The molecule has 5 nitrogen and oxygen atoms in total. The Labute approximate surface area is 153 Å². The van der Waals surface area contributed by atoms with Crippen LogP contribution in [0.15, 0.2) is 23.2 Å². The number of hydrogen-bond acceptors (Lipinski definition) is 3. The summed E-state index contributed by atoms with van der Waals surface area (Å²) in [5, 5.41) is 7.66. The van der Waals surface area contributed by atoms with Gasteiger partial charge in [0.25, 0.3) is 0 Å². The Hall–Kier alpha value is -1.01. The lowest BCUT2D eigenvalue weighted by Crippen LogP contribution is -2.40. The third-order valence-corrected chi connectivity index (χ3v) is 4.63. The van der Waals surface area contributed by atoms with Crippen LogP contribution in [0.5, 0.6) is 0 Å². The molecule has 1 aromatic carbocycles. The first-order chi connectivity index (χ1) is 11.6. The molecule has 1 saturated heterocycles. The standard InChI is InChI=1S/C17H25Cl2N3O2/c1-12(13-5-6-15(18)16(19)10-13)22-17(20-2)21-7-9-23-11-14-4-3-8-24-14/h5-6,10,12,14H,3-4,7-9,11H2,1-2H3,(H2,20,21,22). The van der Waals surface area contributed by atoms with Crippen molar-refractivity contribution >= 4 is 29.2 Å². The predicted molar refractivity (Wildman–Crippen MR) is 99.2 cm³/mol. The van der Waals surface area contributed by atoms with Gasteiger partial charge in [-0.3, -0.25) is 4.99 Å². The van der Waals surface area contributed by atoms with Crippen molar-refractivity contribution < 1.29 is 9.47 Å². The largest absolute Gasteiger partial charge is 0.377 e. The normalized spacial score (nSPS) is 19.3. The minimum atomic E-state index is 0.0544. The molecule has 24 heavy (non-hydrogen) atoms. The van der Waals surface area contributed by atoms with Gasteiger partial charge in [-0.05, 0) is 37.5 Å². The number of ether oxygens (including phenoxy) is 2. The molecule has 7 heteroatoms. The lowest BCUT2D eigenvalue weighted by atomic mass is 10.1. The number of hydrogen-bond donors (Lipinski definition) is 2. The summed E-state index contributed by atoms with van der Waals surface area (Å²) in [4.78, 5) is 4.22. The van der Waals surface area contributed by atoms with Gasteiger partial charge in [-0.2, -0.15) is 0 Å². The van der Waals surface area contributed by atoms with Gasteiger partial charge in [-0.25, -0.2) is 0 Å². The van der Waals surface area contributed by atoms with Crippen LogP contribution in [-0.4, -0.2) is 45.5 Å². The van der Waals surface area contributed by atoms with Crippen LogP contribution in [0, 0.1) is 0 Å². The Kier molecular flexibility index (Phi) is 8.12. The van der Waals surface area contributed by atoms with E-state index in [1.807, 2.05) is 19.1 Å². The molecule has 1 aliphatic rings. The fourth-order valence-corrected chi connectivity index (χ4v) is 2.80. The van der Waals surface area contributed by atoms with Gasteiger partial charge in [0, 0.05) is 20.2 Å². The molecule has 2 unspecified atom stereocenters. The van der Waals surface area contributed by atoms with E-state index in [9.17, 15) is 0 Å². The second kappa shape index (κ2) is 10.1. The molecule has 1 aromatic rings. The van der Waals surface area contributed by atoms with Crippen molar-refractivity contribution in [2.45, 2.75) is 31.9 Å². The molecule has 2 N–H and O–H groups in total. The Morgan fingerprint density at radius 2 is 2.25 bits per heavy atom. The van der Waals surface area contributed by atoms with E-state index >= 15 is 0 Å². The molecular weight excluding hydrogens is 349 g/mol. The SMILES string of the molecule is CN=C(NCCOCC1CCCO1)NC(C)c1ccc(Cl)c(Cl)c1. The minimum absolute atomic E-state index is 0.0544. The Morgan fingerprint density at radius 1 is 1.42 bits per heavy atom. The van der Waals surface area contributed by atoms with Crippen molar-refractivity contribution in [1.82, 2.24) is 10.6 Å². The molecule has 0 amide bonds. The molecule has 0 saturated carbocycles. The van der Waals surface area contributed by atoms with Crippen LogP contribution < -0.4 is 10.6 Å².